The van der Waals surface area contributed by atoms with E-state index < -0.39 is 0 Å². The van der Waals surface area contributed by atoms with Crippen molar-refractivity contribution in [1.29, 1.82) is 0 Å². The van der Waals surface area contributed by atoms with Crippen LogP contribution in [0.1, 0.15) is 21.5 Å². The van der Waals surface area contributed by atoms with Crippen LogP contribution in [0.2, 0.25) is 0 Å². The number of carbonyl (C=O) groups is 1. The van der Waals surface area contributed by atoms with E-state index >= 15 is 0 Å². The third-order valence-corrected chi connectivity index (χ3v) is 3.81. The zero-order valence-electron chi connectivity index (χ0n) is 12.8. The van der Waals surface area contributed by atoms with Crippen LogP contribution in [0.3, 0.4) is 0 Å². The number of fused-ring (bicyclic) bond motifs is 1. The van der Waals surface area contributed by atoms with Gasteiger partial charge in [0.1, 0.15) is 5.82 Å². The maximum atomic E-state index is 11.4. The molecule has 0 bridgehead atoms. The van der Waals surface area contributed by atoms with E-state index in [-0.39, 0.29) is 0 Å². The topological polar surface area (TPSA) is 33.2 Å². The first-order valence-corrected chi connectivity index (χ1v) is 7.29. The van der Waals surface area contributed by atoms with E-state index in [0.717, 1.165) is 28.6 Å². The van der Waals surface area contributed by atoms with Gasteiger partial charge >= 0.3 is 0 Å². The highest BCUT2D eigenvalue weighted by molar-refractivity contribution is 5.92. The molecule has 0 aliphatic carbocycles. The summed E-state index contributed by atoms with van der Waals surface area (Å²) in [6.07, 6.45) is 0.881. The number of aldehydes is 1. The molecule has 0 saturated carbocycles. The fourth-order valence-electron chi connectivity index (χ4n) is 2.68. The van der Waals surface area contributed by atoms with Crippen LogP contribution < -0.4 is 4.90 Å². The minimum Gasteiger partial charge on any atom is -0.355 e. The average molecular weight is 290 g/mol. The molecular weight excluding hydrogens is 272 g/mol. The summed E-state index contributed by atoms with van der Waals surface area (Å²) in [5.41, 5.74) is 3.87. The number of benzene rings is 2. The molecule has 0 atom stereocenters. The summed E-state index contributed by atoms with van der Waals surface area (Å²) in [5.74, 6) is 0.723. The van der Waals surface area contributed by atoms with Crippen molar-refractivity contribution in [2.45, 2.75) is 13.5 Å². The maximum absolute atomic E-state index is 11.4. The van der Waals surface area contributed by atoms with Crippen LogP contribution in [0.25, 0.3) is 10.9 Å². The Labute approximate surface area is 130 Å². The molecule has 2 aromatic carbocycles. The molecule has 3 aromatic rings. The Balaban J connectivity index is 2.04. The number of hydrogen-bond donors (Lipinski definition) is 0. The number of nitrogens with zero attached hydrogens (tertiary/aromatic N) is 2. The highest BCUT2D eigenvalue weighted by atomic mass is 16.1. The number of hydrogen-bond acceptors (Lipinski definition) is 3. The summed E-state index contributed by atoms with van der Waals surface area (Å²) in [6.45, 7) is 2.75. The van der Waals surface area contributed by atoms with Gasteiger partial charge in [0, 0.05) is 19.0 Å². The molecule has 0 N–H and O–H groups in total. The highest BCUT2D eigenvalue weighted by Crippen LogP contribution is 2.24. The summed E-state index contributed by atoms with van der Waals surface area (Å²) < 4.78 is 0. The summed E-state index contributed by atoms with van der Waals surface area (Å²) in [6, 6.07) is 18.1. The number of carbonyl (C=O) groups excluding carboxylic acids is 1. The number of aromatic nitrogens is 1. The van der Waals surface area contributed by atoms with Crippen molar-refractivity contribution in [1.82, 2.24) is 4.98 Å². The summed E-state index contributed by atoms with van der Waals surface area (Å²) in [5, 5.41) is 0.999. The largest absolute Gasteiger partial charge is 0.355 e. The maximum Gasteiger partial charge on any atom is 0.153 e. The van der Waals surface area contributed by atoms with Crippen molar-refractivity contribution in [3.05, 3.63) is 71.3 Å². The van der Waals surface area contributed by atoms with Crippen molar-refractivity contribution in [2.75, 3.05) is 11.9 Å². The zero-order valence-corrected chi connectivity index (χ0v) is 12.8. The molecule has 110 valence electrons. The fourth-order valence-corrected chi connectivity index (χ4v) is 2.68. The predicted molar refractivity (Wildman–Crippen MR) is 90.4 cm³/mol. The quantitative estimate of drug-likeness (QED) is 0.681. The lowest BCUT2D eigenvalue weighted by Crippen LogP contribution is -2.19. The molecular formula is C19H18N2O. The minimum atomic E-state index is 0.622. The monoisotopic (exact) mass is 290 g/mol. The second kappa shape index (κ2) is 5.98. The Morgan fingerprint density at radius 3 is 2.59 bits per heavy atom. The SMILES string of the molecule is Cc1cccc2cc(C=O)c(N(C)Cc3ccccc3)nc12. The van der Waals surface area contributed by atoms with Crippen molar-refractivity contribution >= 4 is 23.0 Å². The Bertz CT molecular complexity index is 812. The lowest BCUT2D eigenvalue weighted by Gasteiger charge is -2.20. The molecule has 3 rings (SSSR count). The van der Waals surface area contributed by atoms with E-state index in [1.165, 1.54) is 5.56 Å². The molecule has 0 unspecified atom stereocenters. The van der Waals surface area contributed by atoms with E-state index in [9.17, 15) is 4.79 Å². The molecule has 0 radical (unpaired) electrons. The normalized spacial score (nSPS) is 10.6. The van der Waals surface area contributed by atoms with Crippen LogP contribution in [-0.2, 0) is 6.54 Å². The first kappa shape index (κ1) is 14.3. The lowest BCUT2D eigenvalue weighted by molar-refractivity contribution is 0.112. The van der Waals surface area contributed by atoms with E-state index in [0.29, 0.717) is 12.1 Å². The fraction of sp³-hybridized carbons (Fsp3) is 0.158. The third kappa shape index (κ3) is 2.70. The number of pyridine rings is 1. The van der Waals surface area contributed by atoms with E-state index in [1.807, 2.05) is 61.3 Å². The number of rotatable bonds is 4. The molecule has 0 saturated heterocycles. The molecule has 1 aromatic heterocycles. The standard InChI is InChI=1S/C19H18N2O/c1-14-7-6-10-16-11-17(13-22)19(20-18(14)16)21(2)12-15-8-4-3-5-9-15/h3-11,13H,12H2,1-2H3. The van der Waals surface area contributed by atoms with Gasteiger partial charge in [-0.3, -0.25) is 4.79 Å². The molecule has 0 aliphatic rings. The zero-order chi connectivity index (χ0) is 15.5. The second-order valence-corrected chi connectivity index (χ2v) is 5.51. The minimum absolute atomic E-state index is 0.622. The summed E-state index contributed by atoms with van der Waals surface area (Å²) in [7, 11) is 1.96. The van der Waals surface area contributed by atoms with Crippen LogP contribution >= 0.6 is 0 Å². The molecule has 1 heterocycles. The molecule has 3 heteroatoms. The molecule has 22 heavy (non-hydrogen) atoms. The Hall–Kier alpha value is -2.68. The first-order chi connectivity index (χ1) is 10.7. The second-order valence-electron chi connectivity index (χ2n) is 5.51. The third-order valence-electron chi connectivity index (χ3n) is 3.81. The Morgan fingerprint density at radius 2 is 1.86 bits per heavy atom. The van der Waals surface area contributed by atoms with Gasteiger partial charge in [-0.05, 0) is 24.1 Å². The molecule has 0 fully saturated rings. The number of aryl methyl sites for hydroxylation is 1. The molecule has 0 spiro atoms. The van der Waals surface area contributed by atoms with Crippen LogP contribution in [-0.4, -0.2) is 18.3 Å². The Morgan fingerprint density at radius 1 is 1.09 bits per heavy atom. The highest BCUT2D eigenvalue weighted by Gasteiger charge is 2.12. The van der Waals surface area contributed by atoms with Gasteiger partial charge in [-0.25, -0.2) is 4.98 Å². The van der Waals surface area contributed by atoms with Crippen molar-refractivity contribution < 1.29 is 4.79 Å². The van der Waals surface area contributed by atoms with E-state index in [4.69, 9.17) is 4.98 Å². The van der Waals surface area contributed by atoms with Crippen molar-refractivity contribution in [2.24, 2.45) is 0 Å². The summed E-state index contributed by atoms with van der Waals surface area (Å²) in [4.78, 5) is 18.2. The Kier molecular flexibility index (Phi) is 3.88. The first-order valence-electron chi connectivity index (χ1n) is 7.29. The van der Waals surface area contributed by atoms with Crippen LogP contribution in [0.15, 0.2) is 54.6 Å². The van der Waals surface area contributed by atoms with Gasteiger partial charge in [0.15, 0.2) is 6.29 Å². The number of anilines is 1. The molecule has 3 nitrogen and oxygen atoms in total. The van der Waals surface area contributed by atoms with Crippen molar-refractivity contribution in [3.8, 4) is 0 Å². The van der Waals surface area contributed by atoms with Crippen LogP contribution in [0.5, 0.6) is 0 Å². The molecule has 0 aliphatic heterocycles. The van der Waals surface area contributed by atoms with Crippen molar-refractivity contribution in [3.63, 3.8) is 0 Å². The van der Waals surface area contributed by atoms with Gasteiger partial charge in [0.25, 0.3) is 0 Å². The van der Waals surface area contributed by atoms with Crippen LogP contribution in [0, 0.1) is 6.92 Å². The van der Waals surface area contributed by atoms with Gasteiger partial charge in [-0.15, -0.1) is 0 Å². The summed E-state index contributed by atoms with van der Waals surface area (Å²) >= 11 is 0. The van der Waals surface area contributed by atoms with Gasteiger partial charge in [-0.1, -0.05) is 48.5 Å². The van der Waals surface area contributed by atoms with Gasteiger partial charge in [0.05, 0.1) is 11.1 Å². The van der Waals surface area contributed by atoms with E-state index in [2.05, 4.69) is 12.1 Å². The average Bonchev–Trinajstić information content (AvgIpc) is 2.55. The lowest BCUT2D eigenvalue weighted by atomic mass is 10.1. The number of para-hydroxylation sites is 1. The predicted octanol–water partition coefficient (Wildman–Crippen LogP) is 3.99. The van der Waals surface area contributed by atoms with Crippen LogP contribution in [0.4, 0.5) is 5.82 Å². The molecule has 0 amide bonds. The van der Waals surface area contributed by atoms with Gasteiger partial charge in [0.2, 0.25) is 0 Å². The van der Waals surface area contributed by atoms with Gasteiger partial charge < -0.3 is 4.90 Å². The van der Waals surface area contributed by atoms with Gasteiger partial charge in [-0.2, -0.15) is 0 Å². The van der Waals surface area contributed by atoms with E-state index in [1.54, 1.807) is 0 Å². The smallest absolute Gasteiger partial charge is 0.153 e.